The number of aryl methyl sites for hydroxylation is 2. The number of amides is 1. The van der Waals surface area contributed by atoms with E-state index in [0.717, 1.165) is 25.8 Å². The molecule has 1 fully saturated rings. The van der Waals surface area contributed by atoms with Crippen LogP contribution < -0.4 is 5.32 Å². The van der Waals surface area contributed by atoms with Gasteiger partial charge in [-0.1, -0.05) is 48.4 Å². The van der Waals surface area contributed by atoms with Crippen LogP contribution in [-0.2, 0) is 13.0 Å². The van der Waals surface area contributed by atoms with E-state index in [-0.39, 0.29) is 5.91 Å². The van der Waals surface area contributed by atoms with Gasteiger partial charge in [-0.15, -0.1) is 5.10 Å². The van der Waals surface area contributed by atoms with Gasteiger partial charge in [-0.25, -0.2) is 0 Å². The maximum Gasteiger partial charge on any atom is 0.273 e. The first-order chi connectivity index (χ1) is 10.3. The first-order valence-corrected chi connectivity index (χ1v) is 7.56. The maximum absolute atomic E-state index is 12.1. The molecule has 0 spiro atoms. The highest BCUT2D eigenvalue weighted by Gasteiger charge is 2.19. The molecule has 1 aliphatic rings. The van der Waals surface area contributed by atoms with Crippen molar-refractivity contribution in [2.45, 2.75) is 44.7 Å². The van der Waals surface area contributed by atoms with E-state index in [2.05, 4.69) is 27.8 Å². The fourth-order valence-electron chi connectivity index (χ4n) is 2.73. The van der Waals surface area contributed by atoms with E-state index in [0.29, 0.717) is 11.7 Å². The molecule has 1 saturated carbocycles. The normalized spacial score (nSPS) is 15.2. The minimum Gasteiger partial charge on any atom is -0.348 e. The number of carbonyl (C=O) groups is 1. The summed E-state index contributed by atoms with van der Waals surface area (Å²) in [5.41, 5.74) is 1.67. The number of nitrogens with one attached hydrogen (secondary N) is 1. The van der Waals surface area contributed by atoms with Gasteiger partial charge in [-0.3, -0.25) is 9.48 Å². The molecule has 2 aromatic rings. The van der Waals surface area contributed by atoms with Crippen LogP contribution in [-0.4, -0.2) is 26.9 Å². The first-order valence-electron chi connectivity index (χ1n) is 7.56. The zero-order chi connectivity index (χ0) is 14.5. The van der Waals surface area contributed by atoms with Crippen LogP contribution in [0.15, 0.2) is 36.5 Å². The Hall–Kier alpha value is -2.17. The summed E-state index contributed by atoms with van der Waals surface area (Å²) in [6.07, 6.45) is 7.17. The predicted octanol–water partition coefficient (Wildman–Crippen LogP) is 2.19. The average Bonchev–Trinajstić information content (AvgIpc) is 3.17. The molecular weight excluding hydrogens is 264 g/mol. The van der Waals surface area contributed by atoms with Gasteiger partial charge in [0.2, 0.25) is 0 Å². The van der Waals surface area contributed by atoms with Gasteiger partial charge in [-0.2, -0.15) is 0 Å². The Bertz CT molecular complexity index is 587. The maximum atomic E-state index is 12.1. The molecule has 110 valence electrons. The minimum absolute atomic E-state index is 0.104. The van der Waals surface area contributed by atoms with Crippen molar-refractivity contribution in [1.82, 2.24) is 20.3 Å². The molecular formula is C16H20N4O. The molecule has 5 heteroatoms. The van der Waals surface area contributed by atoms with Crippen molar-refractivity contribution < 1.29 is 4.79 Å². The fourth-order valence-corrected chi connectivity index (χ4v) is 2.73. The van der Waals surface area contributed by atoms with E-state index < -0.39 is 0 Å². The van der Waals surface area contributed by atoms with Gasteiger partial charge in [0.15, 0.2) is 5.69 Å². The Balaban J connectivity index is 1.54. The summed E-state index contributed by atoms with van der Waals surface area (Å²) < 4.78 is 1.73. The third-order valence-corrected chi connectivity index (χ3v) is 3.93. The smallest absolute Gasteiger partial charge is 0.273 e. The molecule has 5 nitrogen and oxygen atoms in total. The standard InChI is InChI=1S/C16H20N4O/c21-16(17-14-8-4-5-9-14)15-12-20(19-18-15)11-10-13-6-2-1-3-7-13/h1-3,6-7,12,14H,4-5,8-11H2,(H,17,21). The molecule has 0 bridgehead atoms. The van der Waals surface area contributed by atoms with Crippen molar-refractivity contribution in [2.24, 2.45) is 0 Å². The third kappa shape index (κ3) is 3.68. The van der Waals surface area contributed by atoms with Gasteiger partial charge in [0, 0.05) is 12.6 Å². The summed E-state index contributed by atoms with van der Waals surface area (Å²) >= 11 is 0. The van der Waals surface area contributed by atoms with E-state index in [1.165, 1.54) is 18.4 Å². The molecule has 0 atom stereocenters. The van der Waals surface area contributed by atoms with Crippen LogP contribution in [0, 0.1) is 0 Å². The zero-order valence-electron chi connectivity index (χ0n) is 12.0. The molecule has 1 aromatic carbocycles. The lowest BCUT2D eigenvalue weighted by atomic mass is 10.1. The van der Waals surface area contributed by atoms with E-state index in [9.17, 15) is 4.79 Å². The van der Waals surface area contributed by atoms with Crippen LogP contribution in [0.25, 0.3) is 0 Å². The van der Waals surface area contributed by atoms with Crippen LogP contribution in [0.3, 0.4) is 0 Å². The van der Waals surface area contributed by atoms with Gasteiger partial charge in [0.05, 0.1) is 6.20 Å². The van der Waals surface area contributed by atoms with Crippen LogP contribution in [0.2, 0.25) is 0 Å². The molecule has 1 amide bonds. The van der Waals surface area contributed by atoms with Crippen molar-refractivity contribution in [1.29, 1.82) is 0 Å². The van der Waals surface area contributed by atoms with Gasteiger partial charge in [0.1, 0.15) is 0 Å². The molecule has 21 heavy (non-hydrogen) atoms. The average molecular weight is 284 g/mol. The van der Waals surface area contributed by atoms with Crippen molar-refractivity contribution >= 4 is 5.91 Å². The summed E-state index contributed by atoms with van der Waals surface area (Å²) in [5.74, 6) is -0.104. The van der Waals surface area contributed by atoms with Gasteiger partial charge >= 0.3 is 0 Å². The van der Waals surface area contributed by atoms with E-state index in [4.69, 9.17) is 0 Å². The van der Waals surface area contributed by atoms with Crippen molar-refractivity contribution in [3.05, 3.63) is 47.8 Å². The highest BCUT2D eigenvalue weighted by atomic mass is 16.2. The Morgan fingerprint density at radius 1 is 1.24 bits per heavy atom. The van der Waals surface area contributed by atoms with Gasteiger partial charge in [0.25, 0.3) is 5.91 Å². The van der Waals surface area contributed by atoms with Gasteiger partial charge < -0.3 is 5.32 Å². The number of hydrogen-bond donors (Lipinski definition) is 1. The zero-order valence-corrected chi connectivity index (χ0v) is 12.0. The fraction of sp³-hybridized carbons (Fsp3) is 0.438. The highest BCUT2D eigenvalue weighted by molar-refractivity contribution is 5.92. The Morgan fingerprint density at radius 3 is 2.76 bits per heavy atom. The van der Waals surface area contributed by atoms with Gasteiger partial charge in [-0.05, 0) is 24.8 Å². The van der Waals surface area contributed by atoms with Crippen LogP contribution >= 0.6 is 0 Å². The Kier molecular flexibility index (Phi) is 4.28. The van der Waals surface area contributed by atoms with Crippen LogP contribution in [0.1, 0.15) is 41.7 Å². The van der Waals surface area contributed by atoms with Crippen molar-refractivity contribution in [3.63, 3.8) is 0 Å². The lowest BCUT2D eigenvalue weighted by molar-refractivity contribution is 0.0932. The molecule has 1 aliphatic carbocycles. The van der Waals surface area contributed by atoms with E-state index in [1.807, 2.05) is 18.2 Å². The summed E-state index contributed by atoms with van der Waals surface area (Å²) in [6, 6.07) is 10.5. The molecule has 1 aromatic heterocycles. The summed E-state index contributed by atoms with van der Waals surface area (Å²) in [5, 5.41) is 11.0. The van der Waals surface area contributed by atoms with E-state index in [1.54, 1.807) is 10.9 Å². The summed E-state index contributed by atoms with van der Waals surface area (Å²) in [7, 11) is 0. The summed E-state index contributed by atoms with van der Waals surface area (Å²) in [4.78, 5) is 12.1. The molecule has 1 heterocycles. The number of rotatable bonds is 5. The molecule has 0 radical (unpaired) electrons. The second-order valence-electron chi connectivity index (χ2n) is 5.56. The topological polar surface area (TPSA) is 59.8 Å². The number of carbonyl (C=O) groups excluding carboxylic acids is 1. The van der Waals surface area contributed by atoms with Crippen molar-refractivity contribution in [3.8, 4) is 0 Å². The van der Waals surface area contributed by atoms with E-state index >= 15 is 0 Å². The third-order valence-electron chi connectivity index (χ3n) is 3.93. The highest BCUT2D eigenvalue weighted by Crippen LogP contribution is 2.17. The second kappa shape index (κ2) is 6.52. The number of hydrogen-bond acceptors (Lipinski definition) is 3. The molecule has 0 saturated heterocycles. The second-order valence-corrected chi connectivity index (χ2v) is 5.56. The molecule has 0 unspecified atom stereocenters. The lowest BCUT2D eigenvalue weighted by Crippen LogP contribution is -2.32. The van der Waals surface area contributed by atoms with Crippen molar-refractivity contribution in [2.75, 3.05) is 0 Å². The molecule has 1 N–H and O–H groups in total. The Labute approximate surface area is 124 Å². The summed E-state index contributed by atoms with van der Waals surface area (Å²) in [6.45, 7) is 0.730. The van der Waals surface area contributed by atoms with Crippen LogP contribution in [0.4, 0.5) is 0 Å². The molecule has 3 rings (SSSR count). The van der Waals surface area contributed by atoms with Crippen LogP contribution in [0.5, 0.6) is 0 Å². The Morgan fingerprint density at radius 2 is 2.00 bits per heavy atom. The number of aromatic nitrogens is 3. The largest absolute Gasteiger partial charge is 0.348 e. The quantitative estimate of drug-likeness (QED) is 0.915. The molecule has 0 aliphatic heterocycles. The SMILES string of the molecule is O=C(NC1CCCC1)c1cn(CCc2ccccc2)nn1. The number of nitrogens with zero attached hydrogens (tertiary/aromatic N) is 3. The lowest BCUT2D eigenvalue weighted by Gasteiger charge is -2.09. The first kappa shape index (κ1) is 13.8. The predicted molar refractivity (Wildman–Crippen MR) is 79.9 cm³/mol. The minimum atomic E-state index is -0.104. The number of benzene rings is 1. The monoisotopic (exact) mass is 284 g/mol.